The van der Waals surface area contributed by atoms with Gasteiger partial charge in [0.1, 0.15) is 6.61 Å². The van der Waals surface area contributed by atoms with Crippen LogP contribution in [0.25, 0.3) is 0 Å². The molecule has 0 unspecified atom stereocenters. The third-order valence-electron chi connectivity index (χ3n) is 6.32. The van der Waals surface area contributed by atoms with Gasteiger partial charge < -0.3 is 24.0 Å². The summed E-state index contributed by atoms with van der Waals surface area (Å²) in [5.41, 5.74) is 2.02. The Morgan fingerprint density at radius 1 is 1.03 bits per heavy atom. The number of ether oxygens (including phenoxy) is 3. The van der Waals surface area contributed by atoms with E-state index in [1.165, 1.54) is 4.88 Å². The molecule has 0 radical (unpaired) electrons. The summed E-state index contributed by atoms with van der Waals surface area (Å²) in [5, 5.41) is 2.06. The molecule has 0 spiro atoms. The molecule has 0 fully saturated rings. The first-order chi connectivity index (χ1) is 17.6. The van der Waals surface area contributed by atoms with Crippen LogP contribution in [0.2, 0.25) is 0 Å². The predicted molar refractivity (Wildman–Crippen MR) is 140 cm³/mol. The van der Waals surface area contributed by atoms with Crippen molar-refractivity contribution in [3.63, 3.8) is 0 Å². The lowest BCUT2D eigenvalue weighted by atomic mass is 10.0. The van der Waals surface area contributed by atoms with E-state index in [0.29, 0.717) is 37.8 Å². The maximum atomic E-state index is 13.6. The Kier molecular flexibility index (Phi) is 8.97. The van der Waals surface area contributed by atoms with Gasteiger partial charge in [-0.3, -0.25) is 9.59 Å². The molecule has 1 aliphatic heterocycles. The number of thiophene rings is 1. The Balaban J connectivity index is 1.49. The van der Waals surface area contributed by atoms with E-state index < -0.39 is 0 Å². The SMILES string of the molecule is COCCN(CC(=O)N1CCc2sccc2[C@H]1COc1ccccc1OC)C(=O)Cc1ccccc1. The summed E-state index contributed by atoms with van der Waals surface area (Å²) < 4.78 is 16.8. The van der Waals surface area contributed by atoms with Gasteiger partial charge in [-0.25, -0.2) is 0 Å². The number of methoxy groups -OCH3 is 2. The minimum absolute atomic E-state index is 0.000342. The highest BCUT2D eigenvalue weighted by Crippen LogP contribution is 2.35. The van der Waals surface area contributed by atoms with E-state index in [1.807, 2.05) is 59.5 Å². The molecule has 2 aromatic carbocycles. The second-order valence-electron chi connectivity index (χ2n) is 8.58. The zero-order chi connectivity index (χ0) is 25.3. The van der Waals surface area contributed by atoms with E-state index in [0.717, 1.165) is 17.5 Å². The first-order valence-electron chi connectivity index (χ1n) is 12.0. The fourth-order valence-corrected chi connectivity index (χ4v) is 5.34. The number of amides is 2. The van der Waals surface area contributed by atoms with Gasteiger partial charge in [-0.05, 0) is 41.1 Å². The van der Waals surface area contributed by atoms with Crippen LogP contribution in [0.3, 0.4) is 0 Å². The van der Waals surface area contributed by atoms with Gasteiger partial charge in [0.25, 0.3) is 0 Å². The average molecular weight is 509 g/mol. The normalized spacial score (nSPS) is 14.7. The molecule has 1 aliphatic rings. The van der Waals surface area contributed by atoms with Crippen molar-refractivity contribution in [2.45, 2.75) is 18.9 Å². The number of benzene rings is 2. The van der Waals surface area contributed by atoms with E-state index in [9.17, 15) is 9.59 Å². The molecule has 0 N–H and O–H groups in total. The summed E-state index contributed by atoms with van der Waals surface area (Å²) in [6, 6.07) is 18.9. The van der Waals surface area contributed by atoms with E-state index in [2.05, 4.69) is 11.4 Å². The lowest BCUT2D eigenvalue weighted by Gasteiger charge is -2.37. The third kappa shape index (κ3) is 6.25. The minimum atomic E-state index is -0.245. The van der Waals surface area contributed by atoms with Crippen molar-refractivity contribution in [1.29, 1.82) is 0 Å². The van der Waals surface area contributed by atoms with Crippen molar-refractivity contribution in [3.05, 3.63) is 82.0 Å². The number of rotatable bonds is 11. The smallest absolute Gasteiger partial charge is 0.242 e. The lowest BCUT2D eigenvalue weighted by molar-refractivity contribution is -0.142. The molecule has 4 rings (SSSR count). The van der Waals surface area contributed by atoms with Crippen LogP contribution in [-0.2, 0) is 27.2 Å². The number of carbonyl (C=O) groups excluding carboxylic acids is 2. The zero-order valence-corrected chi connectivity index (χ0v) is 21.5. The van der Waals surface area contributed by atoms with E-state index >= 15 is 0 Å². The van der Waals surface area contributed by atoms with Crippen molar-refractivity contribution < 1.29 is 23.8 Å². The fraction of sp³-hybridized carbons (Fsp3) is 0.357. The first kappa shape index (κ1) is 25.7. The molecule has 7 nitrogen and oxygen atoms in total. The Morgan fingerprint density at radius 3 is 2.53 bits per heavy atom. The van der Waals surface area contributed by atoms with Gasteiger partial charge in [-0.2, -0.15) is 0 Å². The fourth-order valence-electron chi connectivity index (χ4n) is 4.41. The first-order valence-corrected chi connectivity index (χ1v) is 12.9. The highest BCUT2D eigenvalue weighted by molar-refractivity contribution is 7.10. The van der Waals surface area contributed by atoms with Crippen LogP contribution < -0.4 is 9.47 Å². The topological polar surface area (TPSA) is 68.3 Å². The van der Waals surface area contributed by atoms with Crippen LogP contribution in [0, 0.1) is 0 Å². The Labute approximate surface area is 216 Å². The summed E-state index contributed by atoms with van der Waals surface area (Å²) in [4.78, 5) is 31.5. The molecule has 36 heavy (non-hydrogen) atoms. The summed E-state index contributed by atoms with van der Waals surface area (Å²) in [6.45, 7) is 1.60. The van der Waals surface area contributed by atoms with Crippen molar-refractivity contribution in [2.75, 3.05) is 47.1 Å². The van der Waals surface area contributed by atoms with Gasteiger partial charge in [-0.1, -0.05) is 42.5 Å². The average Bonchev–Trinajstić information content (AvgIpc) is 3.39. The zero-order valence-electron chi connectivity index (χ0n) is 20.7. The maximum absolute atomic E-state index is 13.6. The largest absolute Gasteiger partial charge is 0.493 e. The monoisotopic (exact) mass is 508 g/mol. The van der Waals surface area contributed by atoms with E-state index in [-0.39, 0.29) is 30.8 Å². The van der Waals surface area contributed by atoms with Crippen molar-refractivity contribution in [1.82, 2.24) is 9.80 Å². The molecule has 0 bridgehead atoms. The lowest BCUT2D eigenvalue weighted by Crippen LogP contribution is -2.48. The number of fused-ring (bicyclic) bond motifs is 1. The summed E-state index contributed by atoms with van der Waals surface area (Å²) in [6.07, 6.45) is 1.03. The molecule has 3 aromatic rings. The Hall–Kier alpha value is -3.36. The molecule has 1 aromatic heterocycles. The van der Waals surface area contributed by atoms with E-state index in [4.69, 9.17) is 14.2 Å². The Morgan fingerprint density at radius 2 is 1.78 bits per heavy atom. The quantitative estimate of drug-likeness (QED) is 0.392. The van der Waals surface area contributed by atoms with Gasteiger partial charge in [0.15, 0.2) is 11.5 Å². The van der Waals surface area contributed by atoms with Gasteiger partial charge in [0.05, 0.1) is 32.7 Å². The molecule has 0 aliphatic carbocycles. The van der Waals surface area contributed by atoms with E-state index in [1.54, 1.807) is 30.5 Å². The highest BCUT2D eigenvalue weighted by atomic mass is 32.1. The van der Waals surface area contributed by atoms with Crippen LogP contribution in [0.1, 0.15) is 22.0 Å². The van der Waals surface area contributed by atoms with Crippen LogP contribution in [-0.4, -0.2) is 68.7 Å². The summed E-state index contributed by atoms with van der Waals surface area (Å²) in [7, 11) is 3.20. The summed E-state index contributed by atoms with van der Waals surface area (Å²) >= 11 is 1.70. The number of para-hydroxylation sites is 2. The molecule has 2 amide bonds. The van der Waals surface area contributed by atoms with Crippen LogP contribution >= 0.6 is 11.3 Å². The molecule has 1 atom stereocenters. The molecular formula is C28H32N2O5S. The molecule has 190 valence electrons. The van der Waals surface area contributed by atoms with Gasteiger partial charge in [0.2, 0.25) is 11.8 Å². The number of hydrogen-bond acceptors (Lipinski definition) is 6. The van der Waals surface area contributed by atoms with Gasteiger partial charge in [0, 0.05) is 25.1 Å². The maximum Gasteiger partial charge on any atom is 0.242 e. The van der Waals surface area contributed by atoms with Crippen LogP contribution in [0.15, 0.2) is 66.0 Å². The van der Waals surface area contributed by atoms with Gasteiger partial charge in [-0.15, -0.1) is 11.3 Å². The third-order valence-corrected chi connectivity index (χ3v) is 7.32. The predicted octanol–water partition coefficient (Wildman–Crippen LogP) is 3.98. The van der Waals surface area contributed by atoms with Crippen LogP contribution in [0.5, 0.6) is 11.5 Å². The molecule has 8 heteroatoms. The number of nitrogens with zero attached hydrogens (tertiary/aromatic N) is 2. The Bertz CT molecular complexity index is 1150. The second-order valence-corrected chi connectivity index (χ2v) is 9.59. The van der Waals surface area contributed by atoms with Crippen molar-refractivity contribution >= 4 is 23.2 Å². The molecule has 2 heterocycles. The molecule has 0 saturated carbocycles. The second kappa shape index (κ2) is 12.6. The minimum Gasteiger partial charge on any atom is -0.493 e. The number of carbonyl (C=O) groups is 2. The van der Waals surface area contributed by atoms with Crippen LogP contribution in [0.4, 0.5) is 0 Å². The molecular weight excluding hydrogens is 476 g/mol. The van der Waals surface area contributed by atoms with Crippen molar-refractivity contribution in [2.24, 2.45) is 0 Å². The van der Waals surface area contributed by atoms with Gasteiger partial charge >= 0.3 is 0 Å². The number of hydrogen-bond donors (Lipinski definition) is 0. The molecule has 0 saturated heterocycles. The highest BCUT2D eigenvalue weighted by Gasteiger charge is 2.33. The summed E-state index contributed by atoms with van der Waals surface area (Å²) in [5.74, 6) is 1.09. The van der Waals surface area contributed by atoms with Crippen molar-refractivity contribution in [3.8, 4) is 11.5 Å². The standard InChI is InChI=1S/C28H32N2O5S/c1-33-16-15-29(27(31)18-21-8-4-3-5-9-21)19-28(32)30-14-12-26-22(13-17-36-26)23(30)20-35-25-11-7-6-10-24(25)34-2/h3-11,13,17,23H,12,14-16,18-20H2,1-2H3/t23-/m1/s1.